The van der Waals surface area contributed by atoms with E-state index in [-0.39, 0.29) is 6.03 Å². The number of fused-ring (bicyclic) bond motifs is 1. The molecule has 0 spiro atoms. The molecule has 1 aromatic heterocycles. The highest BCUT2D eigenvalue weighted by Crippen LogP contribution is 2.33. The first-order valence-corrected chi connectivity index (χ1v) is 12.0. The lowest BCUT2D eigenvalue weighted by Crippen LogP contribution is -2.47. The fourth-order valence-corrected chi connectivity index (χ4v) is 5.96. The van der Waals surface area contributed by atoms with Crippen molar-refractivity contribution in [2.75, 3.05) is 32.7 Å². The van der Waals surface area contributed by atoms with Gasteiger partial charge in [-0.15, -0.1) is 0 Å². The highest BCUT2D eigenvalue weighted by atomic mass is 32.1. The van der Waals surface area contributed by atoms with E-state index in [9.17, 15) is 4.79 Å². The van der Waals surface area contributed by atoms with Gasteiger partial charge in [-0.2, -0.15) is 0 Å². The van der Waals surface area contributed by atoms with Crippen molar-refractivity contribution in [1.82, 2.24) is 19.7 Å². The Morgan fingerprint density at radius 2 is 1.71 bits per heavy atom. The third-order valence-electron chi connectivity index (χ3n) is 6.94. The van der Waals surface area contributed by atoms with Crippen molar-refractivity contribution in [3.63, 3.8) is 0 Å². The van der Waals surface area contributed by atoms with E-state index < -0.39 is 0 Å². The molecule has 0 unspecified atom stereocenters. The van der Waals surface area contributed by atoms with E-state index in [2.05, 4.69) is 4.90 Å². The Morgan fingerprint density at radius 3 is 2.43 bits per heavy atom. The third-order valence-corrected chi connectivity index (χ3v) is 7.92. The largest absolute Gasteiger partial charge is 0.467 e. The molecular weight excluding hydrogens is 372 g/mol. The van der Waals surface area contributed by atoms with Crippen molar-refractivity contribution in [3.05, 3.63) is 10.6 Å². The third kappa shape index (κ3) is 3.88. The molecule has 1 aromatic rings. The number of urea groups is 1. The van der Waals surface area contributed by atoms with Crippen LogP contribution in [0.15, 0.2) is 0 Å². The Labute approximate surface area is 171 Å². The quantitative estimate of drug-likeness (QED) is 0.774. The SMILES string of the molecule is O=C(N1CCCCC1)N1CCc2nc(OC3CCN(C4CCC4)CC3)sc2C1. The molecule has 2 saturated heterocycles. The van der Waals surface area contributed by atoms with Crippen molar-refractivity contribution in [2.45, 2.75) is 76.5 Å². The number of aromatic nitrogens is 1. The molecule has 0 N–H and O–H groups in total. The Balaban J connectivity index is 1.15. The molecule has 154 valence electrons. The van der Waals surface area contributed by atoms with Crippen LogP contribution in [0.25, 0.3) is 0 Å². The molecule has 2 amide bonds. The lowest BCUT2D eigenvalue weighted by atomic mass is 9.90. The lowest BCUT2D eigenvalue weighted by Gasteiger charge is -2.41. The van der Waals surface area contributed by atoms with Crippen LogP contribution in [-0.4, -0.2) is 70.6 Å². The van der Waals surface area contributed by atoms with Crippen molar-refractivity contribution in [2.24, 2.45) is 0 Å². The van der Waals surface area contributed by atoms with E-state index in [1.54, 1.807) is 11.3 Å². The van der Waals surface area contributed by atoms with Gasteiger partial charge in [-0.05, 0) is 44.9 Å². The molecule has 0 bridgehead atoms. The van der Waals surface area contributed by atoms with E-state index in [0.717, 1.165) is 68.7 Å². The van der Waals surface area contributed by atoms with E-state index in [1.165, 1.54) is 43.6 Å². The van der Waals surface area contributed by atoms with Gasteiger partial charge in [-0.3, -0.25) is 0 Å². The molecule has 28 heavy (non-hydrogen) atoms. The molecule has 7 heteroatoms. The molecule has 0 atom stereocenters. The highest BCUT2D eigenvalue weighted by molar-refractivity contribution is 7.13. The molecule has 3 aliphatic heterocycles. The molecule has 1 aliphatic carbocycles. The predicted molar refractivity (Wildman–Crippen MR) is 110 cm³/mol. The van der Waals surface area contributed by atoms with Crippen LogP contribution in [0.3, 0.4) is 0 Å². The summed E-state index contributed by atoms with van der Waals surface area (Å²) in [4.78, 5) is 25.5. The van der Waals surface area contributed by atoms with Crippen molar-refractivity contribution >= 4 is 17.4 Å². The van der Waals surface area contributed by atoms with Gasteiger partial charge in [0.25, 0.3) is 5.19 Å². The summed E-state index contributed by atoms with van der Waals surface area (Å²) in [6, 6.07) is 1.06. The van der Waals surface area contributed by atoms with Crippen LogP contribution in [0, 0.1) is 0 Å². The van der Waals surface area contributed by atoms with Crippen LogP contribution in [0.5, 0.6) is 5.19 Å². The van der Waals surface area contributed by atoms with Gasteiger partial charge in [-0.1, -0.05) is 17.8 Å². The number of carbonyl (C=O) groups excluding carboxylic acids is 1. The van der Waals surface area contributed by atoms with E-state index >= 15 is 0 Å². The molecule has 6 nitrogen and oxygen atoms in total. The molecule has 0 aromatic carbocycles. The number of rotatable bonds is 3. The smallest absolute Gasteiger partial charge is 0.320 e. The number of ether oxygens (including phenoxy) is 1. The van der Waals surface area contributed by atoms with E-state index in [0.29, 0.717) is 12.6 Å². The normalized spacial score (nSPS) is 24.7. The van der Waals surface area contributed by atoms with Crippen LogP contribution in [0.1, 0.15) is 61.9 Å². The number of carbonyl (C=O) groups is 1. The highest BCUT2D eigenvalue weighted by Gasteiger charge is 2.31. The van der Waals surface area contributed by atoms with Crippen LogP contribution in [-0.2, 0) is 13.0 Å². The first-order valence-electron chi connectivity index (χ1n) is 11.2. The zero-order valence-corrected chi connectivity index (χ0v) is 17.6. The van der Waals surface area contributed by atoms with Crippen LogP contribution >= 0.6 is 11.3 Å². The van der Waals surface area contributed by atoms with Gasteiger partial charge < -0.3 is 19.4 Å². The number of nitrogens with zero attached hydrogens (tertiary/aromatic N) is 4. The summed E-state index contributed by atoms with van der Waals surface area (Å²) in [5, 5.41) is 0.819. The van der Waals surface area contributed by atoms with Crippen molar-refractivity contribution < 1.29 is 9.53 Å². The van der Waals surface area contributed by atoms with Gasteiger partial charge in [0.15, 0.2) is 0 Å². The monoisotopic (exact) mass is 404 g/mol. The Morgan fingerprint density at radius 1 is 0.929 bits per heavy atom. The number of thiazole rings is 1. The number of hydrogen-bond donors (Lipinski definition) is 0. The van der Waals surface area contributed by atoms with Crippen LogP contribution < -0.4 is 4.74 Å². The zero-order valence-electron chi connectivity index (χ0n) is 16.8. The van der Waals surface area contributed by atoms with Gasteiger partial charge >= 0.3 is 6.03 Å². The van der Waals surface area contributed by atoms with Gasteiger partial charge in [0.05, 0.1) is 17.1 Å². The molecule has 4 aliphatic rings. The molecule has 3 fully saturated rings. The molecular formula is C21H32N4O2S. The number of likely N-dealkylation sites (tertiary alicyclic amines) is 2. The number of piperidine rings is 2. The maximum atomic E-state index is 12.8. The van der Waals surface area contributed by atoms with E-state index in [4.69, 9.17) is 9.72 Å². The second kappa shape index (κ2) is 8.19. The second-order valence-corrected chi connectivity index (χ2v) is 9.84. The first-order chi connectivity index (χ1) is 13.8. The molecule has 1 saturated carbocycles. The number of amides is 2. The minimum Gasteiger partial charge on any atom is -0.467 e. The summed E-state index contributed by atoms with van der Waals surface area (Å²) >= 11 is 1.66. The fourth-order valence-electron chi connectivity index (χ4n) is 4.92. The Bertz CT molecular complexity index is 691. The fraction of sp³-hybridized carbons (Fsp3) is 0.810. The summed E-state index contributed by atoms with van der Waals surface area (Å²) in [7, 11) is 0. The summed E-state index contributed by atoms with van der Waals surface area (Å²) in [6.45, 7) is 5.64. The van der Waals surface area contributed by atoms with Gasteiger partial charge in [0, 0.05) is 45.2 Å². The molecule has 4 heterocycles. The zero-order chi connectivity index (χ0) is 18.9. The van der Waals surface area contributed by atoms with Gasteiger partial charge in [0.2, 0.25) is 0 Å². The maximum absolute atomic E-state index is 12.8. The molecule has 5 rings (SSSR count). The first kappa shape index (κ1) is 18.7. The standard InChI is InChI=1S/C21H32N4O2S/c26-21(24-10-2-1-3-11-24)25-14-9-18-19(15-25)28-20(22-18)27-17-7-12-23(13-8-17)16-5-4-6-16/h16-17H,1-15H2. The van der Waals surface area contributed by atoms with Crippen molar-refractivity contribution in [1.29, 1.82) is 0 Å². The average molecular weight is 405 g/mol. The minimum atomic E-state index is 0.213. The number of hydrogen-bond acceptors (Lipinski definition) is 5. The van der Waals surface area contributed by atoms with Crippen LogP contribution in [0.4, 0.5) is 4.79 Å². The molecule has 0 radical (unpaired) electrons. The van der Waals surface area contributed by atoms with E-state index in [1.807, 2.05) is 9.80 Å². The Kier molecular flexibility index (Phi) is 5.46. The van der Waals surface area contributed by atoms with Gasteiger partial charge in [0.1, 0.15) is 6.10 Å². The minimum absolute atomic E-state index is 0.213. The van der Waals surface area contributed by atoms with Gasteiger partial charge in [-0.25, -0.2) is 9.78 Å². The summed E-state index contributed by atoms with van der Waals surface area (Å²) in [5.74, 6) is 0. The topological polar surface area (TPSA) is 48.9 Å². The maximum Gasteiger partial charge on any atom is 0.320 e. The van der Waals surface area contributed by atoms with Crippen LogP contribution in [0.2, 0.25) is 0 Å². The lowest BCUT2D eigenvalue weighted by molar-refractivity contribution is 0.0492. The predicted octanol–water partition coefficient (Wildman–Crippen LogP) is 3.50. The second-order valence-electron chi connectivity index (χ2n) is 8.79. The summed E-state index contributed by atoms with van der Waals surface area (Å²) < 4.78 is 6.27. The van der Waals surface area contributed by atoms with Crippen molar-refractivity contribution in [3.8, 4) is 5.19 Å². The average Bonchev–Trinajstić information content (AvgIpc) is 3.09. The Hall–Kier alpha value is -1.34. The summed E-state index contributed by atoms with van der Waals surface area (Å²) in [5.41, 5.74) is 1.15. The summed E-state index contributed by atoms with van der Waals surface area (Å²) in [6.07, 6.45) is 11.1.